The molecule has 0 aliphatic carbocycles. The highest BCUT2D eigenvalue weighted by molar-refractivity contribution is 5.14. The van der Waals surface area contributed by atoms with Crippen LogP contribution in [0.2, 0.25) is 0 Å². The summed E-state index contributed by atoms with van der Waals surface area (Å²) in [6.07, 6.45) is 7.10. The van der Waals surface area contributed by atoms with Gasteiger partial charge in [0.1, 0.15) is 0 Å². The number of nitrogens with zero attached hydrogens (tertiary/aromatic N) is 2. The zero-order valence-electron chi connectivity index (χ0n) is 12.5. The summed E-state index contributed by atoms with van der Waals surface area (Å²) < 4.78 is 0. The maximum Gasteiger partial charge on any atom is 0.0921 e. The predicted octanol–water partition coefficient (Wildman–Crippen LogP) is 1.86. The Morgan fingerprint density at radius 3 is 2.95 bits per heavy atom. The van der Waals surface area contributed by atoms with E-state index in [1.54, 1.807) is 6.33 Å². The fourth-order valence-electron chi connectivity index (χ4n) is 2.97. The van der Waals surface area contributed by atoms with Gasteiger partial charge in [-0.25, -0.2) is 4.98 Å². The van der Waals surface area contributed by atoms with E-state index in [2.05, 4.69) is 50.5 Å². The first kappa shape index (κ1) is 14.3. The molecule has 2 N–H and O–H groups in total. The Morgan fingerprint density at radius 2 is 2.14 bits per heavy atom. The molecular weight excluding hydrogens is 260 g/mol. The van der Waals surface area contributed by atoms with Gasteiger partial charge in [0.2, 0.25) is 0 Å². The molecule has 1 atom stereocenters. The van der Waals surface area contributed by atoms with Crippen molar-refractivity contribution in [2.24, 2.45) is 0 Å². The number of hydrogen-bond acceptors (Lipinski definition) is 3. The lowest BCUT2D eigenvalue weighted by molar-refractivity contribution is 0.332. The van der Waals surface area contributed by atoms with Crippen molar-refractivity contribution in [3.63, 3.8) is 0 Å². The molecule has 0 amide bonds. The van der Waals surface area contributed by atoms with Crippen LogP contribution in [0, 0.1) is 0 Å². The smallest absolute Gasteiger partial charge is 0.0921 e. The van der Waals surface area contributed by atoms with E-state index >= 15 is 0 Å². The summed E-state index contributed by atoms with van der Waals surface area (Å²) >= 11 is 0. The predicted molar refractivity (Wildman–Crippen MR) is 85.3 cm³/mol. The standard InChI is InChI=1S/C17H24N4/c1-2-4-15(5-3-1)7-10-21-11-8-17(13-21)19-9-6-16-12-18-14-20-16/h1-5,12,14,17,19H,6-11,13H2,(H,18,20). The van der Waals surface area contributed by atoms with E-state index in [9.17, 15) is 0 Å². The third-order valence-electron chi connectivity index (χ3n) is 4.21. The minimum Gasteiger partial charge on any atom is -0.348 e. The van der Waals surface area contributed by atoms with E-state index in [1.165, 1.54) is 37.3 Å². The van der Waals surface area contributed by atoms with Gasteiger partial charge in [-0.05, 0) is 24.9 Å². The van der Waals surface area contributed by atoms with Crippen molar-refractivity contribution in [3.8, 4) is 0 Å². The Kier molecular flexibility index (Phi) is 5.03. The van der Waals surface area contributed by atoms with Gasteiger partial charge in [0.25, 0.3) is 0 Å². The Bertz CT molecular complexity index is 509. The number of imidazole rings is 1. The SMILES string of the molecule is c1ccc(CCN2CCC(NCCc3cnc[nH]3)C2)cc1. The number of H-pyrrole nitrogens is 1. The second kappa shape index (κ2) is 7.38. The summed E-state index contributed by atoms with van der Waals surface area (Å²) in [7, 11) is 0. The maximum absolute atomic E-state index is 4.05. The minimum absolute atomic E-state index is 0.642. The normalized spacial score (nSPS) is 19.1. The number of nitrogens with one attached hydrogen (secondary N) is 2. The summed E-state index contributed by atoms with van der Waals surface area (Å²) in [4.78, 5) is 9.76. The molecule has 4 heteroatoms. The fourth-order valence-corrected chi connectivity index (χ4v) is 2.97. The molecule has 3 rings (SSSR count). The molecule has 1 saturated heterocycles. The lowest BCUT2D eigenvalue weighted by Crippen LogP contribution is -2.34. The maximum atomic E-state index is 4.05. The van der Waals surface area contributed by atoms with Gasteiger partial charge in [-0.3, -0.25) is 0 Å². The average molecular weight is 284 g/mol. The van der Waals surface area contributed by atoms with Crippen LogP contribution in [0.15, 0.2) is 42.9 Å². The van der Waals surface area contributed by atoms with Gasteiger partial charge < -0.3 is 15.2 Å². The number of likely N-dealkylation sites (tertiary alicyclic amines) is 1. The first-order chi connectivity index (χ1) is 10.4. The number of rotatable bonds is 7. The van der Waals surface area contributed by atoms with Gasteiger partial charge in [-0.2, -0.15) is 0 Å². The summed E-state index contributed by atoms with van der Waals surface area (Å²) in [6, 6.07) is 11.4. The molecule has 2 aromatic rings. The Hall–Kier alpha value is -1.65. The lowest BCUT2D eigenvalue weighted by Gasteiger charge is -2.16. The first-order valence-corrected chi connectivity index (χ1v) is 7.87. The summed E-state index contributed by atoms with van der Waals surface area (Å²) in [5.74, 6) is 0. The summed E-state index contributed by atoms with van der Waals surface area (Å²) in [6.45, 7) is 4.59. The molecule has 1 aromatic carbocycles. The first-order valence-electron chi connectivity index (χ1n) is 7.87. The third kappa shape index (κ3) is 4.41. The molecule has 0 bridgehead atoms. The van der Waals surface area contributed by atoms with Crippen molar-refractivity contribution >= 4 is 0 Å². The van der Waals surface area contributed by atoms with E-state index in [-0.39, 0.29) is 0 Å². The van der Waals surface area contributed by atoms with Crippen molar-refractivity contribution in [2.45, 2.75) is 25.3 Å². The van der Waals surface area contributed by atoms with Crippen LogP contribution >= 0.6 is 0 Å². The largest absolute Gasteiger partial charge is 0.348 e. The van der Waals surface area contributed by atoms with E-state index in [4.69, 9.17) is 0 Å². The van der Waals surface area contributed by atoms with Crippen LogP contribution < -0.4 is 5.32 Å². The van der Waals surface area contributed by atoms with Crippen LogP contribution in [-0.2, 0) is 12.8 Å². The van der Waals surface area contributed by atoms with Crippen molar-refractivity contribution in [3.05, 3.63) is 54.1 Å². The van der Waals surface area contributed by atoms with E-state index in [0.29, 0.717) is 6.04 Å². The van der Waals surface area contributed by atoms with Crippen LogP contribution in [0.4, 0.5) is 0 Å². The highest BCUT2D eigenvalue weighted by Gasteiger charge is 2.21. The van der Waals surface area contributed by atoms with Crippen LogP contribution in [0.5, 0.6) is 0 Å². The summed E-state index contributed by atoms with van der Waals surface area (Å²) in [5.41, 5.74) is 2.65. The monoisotopic (exact) mass is 284 g/mol. The van der Waals surface area contributed by atoms with Crippen molar-refractivity contribution in [2.75, 3.05) is 26.2 Å². The Labute approximate surface area is 126 Å². The molecule has 1 aromatic heterocycles. The van der Waals surface area contributed by atoms with Gasteiger partial charge >= 0.3 is 0 Å². The van der Waals surface area contributed by atoms with Gasteiger partial charge in [0, 0.05) is 44.0 Å². The number of hydrogen-bond donors (Lipinski definition) is 2. The Balaban J connectivity index is 1.33. The average Bonchev–Trinajstić information content (AvgIpc) is 3.18. The second-order valence-corrected chi connectivity index (χ2v) is 5.80. The molecule has 1 aliphatic rings. The fraction of sp³-hybridized carbons (Fsp3) is 0.471. The van der Waals surface area contributed by atoms with Crippen LogP contribution in [0.25, 0.3) is 0 Å². The van der Waals surface area contributed by atoms with Gasteiger partial charge in [0.05, 0.1) is 6.33 Å². The molecule has 0 saturated carbocycles. The van der Waals surface area contributed by atoms with Crippen LogP contribution in [0.3, 0.4) is 0 Å². The third-order valence-corrected chi connectivity index (χ3v) is 4.21. The molecule has 1 fully saturated rings. The topological polar surface area (TPSA) is 44.0 Å². The lowest BCUT2D eigenvalue weighted by atomic mass is 10.1. The van der Waals surface area contributed by atoms with Crippen molar-refractivity contribution < 1.29 is 0 Å². The van der Waals surface area contributed by atoms with Crippen LogP contribution in [-0.4, -0.2) is 47.1 Å². The van der Waals surface area contributed by atoms with E-state index < -0.39 is 0 Å². The van der Waals surface area contributed by atoms with E-state index in [1.807, 2.05) is 6.20 Å². The van der Waals surface area contributed by atoms with Crippen molar-refractivity contribution in [1.82, 2.24) is 20.2 Å². The van der Waals surface area contributed by atoms with Gasteiger partial charge in [-0.15, -0.1) is 0 Å². The molecular formula is C17H24N4. The van der Waals surface area contributed by atoms with Gasteiger partial charge in [-0.1, -0.05) is 30.3 Å². The molecule has 112 valence electrons. The zero-order valence-corrected chi connectivity index (χ0v) is 12.5. The molecule has 21 heavy (non-hydrogen) atoms. The Morgan fingerprint density at radius 1 is 1.24 bits per heavy atom. The molecule has 1 unspecified atom stereocenters. The zero-order chi connectivity index (χ0) is 14.3. The molecule has 2 heterocycles. The van der Waals surface area contributed by atoms with Crippen LogP contribution in [0.1, 0.15) is 17.7 Å². The summed E-state index contributed by atoms with van der Waals surface area (Å²) in [5, 5.41) is 3.66. The highest BCUT2D eigenvalue weighted by Crippen LogP contribution is 2.10. The number of aromatic nitrogens is 2. The van der Waals surface area contributed by atoms with Gasteiger partial charge in [0.15, 0.2) is 0 Å². The molecule has 0 spiro atoms. The number of aromatic amines is 1. The molecule has 4 nitrogen and oxygen atoms in total. The minimum atomic E-state index is 0.642. The number of benzene rings is 1. The second-order valence-electron chi connectivity index (χ2n) is 5.80. The molecule has 0 radical (unpaired) electrons. The molecule has 1 aliphatic heterocycles. The van der Waals surface area contributed by atoms with Crippen molar-refractivity contribution in [1.29, 1.82) is 0 Å². The highest BCUT2D eigenvalue weighted by atomic mass is 15.2. The van der Waals surface area contributed by atoms with E-state index in [0.717, 1.165) is 19.4 Å². The quantitative estimate of drug-likeness (QED) is 0.815.